The number of hydrogen-bond acceptors (Lipinski definition) is 5. The molecule has 0 spiro atoms. The fourth-order valence-electron chi connectivity index (χ4n) is 0.905. The van der Waals surface area contributed by atoms with E-state index >= 15 is 0 Å². The van der Waals surface area contributed by atoms with Crippen LogP contribution in [0.3, 0.4) is 0 Å². The van der Waals surface area contributed by atoms with E-state index in [4.69, 9.17) is 15.5 Å². The number of aromatic nitrogens is 1. The molecule has 0 aliphatic carbocycles. The standard InChI is InChI=1S/C8H12N4O3/c1-4-3-6(12-15-4)8(13)10-5(2)7(9)11-14/h3,5,14H,1-2H3,(H2,9,11)(H,10,13). The molecule has 7 nitrogen and oxygen atoms in total. The smallest absolute Gasteiger partial charge is 0.274 e. The van der Waals surface area contributed by atoms with E-state index in [1.165, 1.54) is 6.07 Å². The van der Waals surface area contributed by atoms with Crippen molar-refractivity contribution >= 4 is 11.7 Å². The van der Waals surface area contributed by atoms with Crippen LogP contribution in [-0.4, -0.2) is 28.1 Å². The third-order valence-electron chi connectivity index (χ3n) is 1.77. The molecule has 0 saturated heterocycles. The van der Waals surface area contributed by atoms with E-state index in [2.05, 4.69) is 15.6 Å². The molecule has 0 radical (unpaired) electrons. The lowest BCUT2D eigenvalue weighted by atomic mass is 10.3. The molecular formula is C8H12N4O3. The minimum absolute atomic E-state index is 0.0800. The molecule has 15 heavy (non-hydrogen) atoms. The summed E-state index contributed by atoms with van der Waals surface area (Å²) in [7, 11) is 0. The Bertz CT molecular complexity index is 385. The lowest BCUT2D eigenvalue weighted by Crippen LogP contribution is -2.42. The Morgan fingerprint density at radius 2 is 2.47 bits per heavy atom. The van der Waals surface area contributed by atoms with E-state index < -0.39 is 11.9 Å². The van der Waals surface area contributed by atoms with Gasteiger partial charge in [-0.3, -0.25) is 4.79 Å². The maximum absolute atomic E-state index is 11.5. The summed E-state index contributed by atoms with van der Waals surface area (Å²) in [6.07, 6.45) is 0. The summed E-state index contributed by atoms with van der Waals surface area (Å²) in [6.45, 7) is 3.26. The molecule has 7 heteroatoms. The van der Waals surface area contributed by atoms with Crippen molar-refractivity contribution in [2.75, 3.05) is 0 Å². The molecule has 0 bridgehead atoms. The maximum atomic E-state index is 11.5. The first-order valence-corrected chi connectivity index (χ1v) is 4.26. The molecule has 82 valence electrons. The van der Waals surface area contributed by atoms with Crippen molar-refractivity contribution in [3.63, 3.8) is 0 Å². The Morgan fingerprint density at radius 1 is 1.80 bits per heavy atom. The quantitative estimate of drug-likeness (QED) is 0.279. The van der Waals surface area contributed by atoms with Crippen molar-refractivity contribution in [2.45, 2.75) is 19.9 Å². The molecule has 0 saturated carbocycles. The van der Waals surface area contributed by atoms with Crippen LogP contribution >= 0.6 is 0 Å². The highest BCUT2D eigenvalue weighted by Crippen LogP contribution is 2.01. The molecule has 1 amide bonds. The number of carbonyl (C=O) groups is 1. The molecule has 4 N–H and O–H groups in total. The highest BCUT2D eigenvalue weighted by molar-refractivity contribution is 5.96. The molecular weight excluding hydrogens is 200 g/mol. The Labute approximate surface area is 85.9 Å². The zero-order chi connectivity index (χ0) is 11.4. The van der Waals surface area contributed by atoms with Crippen molar-refractivity contribution in [2.24, 2.45) is 10.9 Å². The normalized spacial score (nSPS) is 13.6. The van der Waals surface area contributed by atoms with Crippen molar-refractivity contribution < 1.29 is 14.5 Å². The molecule has 1 rings (SSSR count). The summed E-state index contributed by atoms with van der Waals surface area (Å²) in [5, 5.41) is 17.2. The number of hydrogen-bond donors (Lipinski definition) is 3. The summed E-state index contributed by atoms with van der Waals surface area (Å²) < 4.78 is 4.73. The van der Waals surface area contributed by atoms with Crippen LogP contribution in [0.4, 0.5) is 0 Å². The van der Waals surface area contributed by atoms with Gasteiger partial charge in [0.1, 0.15) is 5.76 Å². The fraction of sp³-hybridized carbons (Fsp3) is 0.375. The number of nitrogens with one attached hydrogen (secondary N) is 1. The number of carbonyl (C=O) groups excluding carboxylic acids is 1. The molecule has 0 aliphatic heterocycles. The maximum Gasteiger partial charge on any atom is 0.274 e. The van der Waals surface area contributed by atoms with E-state index in [1.54, 1.807) is 13.8 Å². The Balaban J connectivity index is 2.64. The number of nitrogens with zero attached hydrogens (tertiary/aromatic N) is 2. The van der Waals surface area contributed by atoms with Gasteiger partial charge in [-0.1, -0.05) is 10.3 Å². The molecule has 0 aliphatic rings. The molecule has 1 aromatic rings. The first-order valence-electron chi connectivity index (χ1n) is 4.26. The monoisotopic (exact) mass is 212 g/mol. The number of amidine groups is 1. The third kappa shape index (κ3) is 2.70. The van der Waals surface area contributed by atoms with Gasteiger partial charge in [0.05, 0.1) is 6.04 Å². The van der Waals surface area contributed by atoms with Crippen LogP contribution in [-0.2, 0) is 0 Å². The average molecular weight is 212 g/mol. The number of oxime groups is 1. The van der Waals surface area contributed by atoms with E-state index in [0.717, 1.165) is 0 Å². The molecule has 1 heterocycles. The molecule has 1 atom stereocenters. The predicted molar refractivity (Wildman–Crippen MR) is 51.6 cm³/mol. The molecule has 0 aromatic carbocycles. The van der Waals surface area contributed by atoms with Crippen molar-refractivity contribution in [1.29, 1.82) is 0 Å². The van der Waals surface area contributed by atoms with E-state index in [1.807, 2.05) is 0 Å². The van der Waals surface area contributed by atoms with Crippen LogP contribution in [0, 0.1) is 6.92 Å². The zero-order valence-corrected chi connectivity index (χ0v) is 8.39. The molecule has 1 aromatic heterocycles. The van der Waals surface area contributed by atoms with Gasteiger partial charge in [0.2, 0.25) is 0 Å². The zero-order valence-electron chi connectivity index (χ0n) is 8.39. The first-order chi connectivity index (χ1) is 7.04. The average Bonchev–Trinajstić information content (AvgIpc) is 2.63. The second-order valence-electron chi connectivity index (χ2n) is 3.04. The number of rotatable bonds is 3. The predicted octanol–water partition coefficient (Wildman–Crippen LogP) is -0.152. The van der Waals surface area contributed by atoms with Gasteiger partial charge in [0, 0.05) is 6.07 Å². The Morgan fingerprint density at radius 3 is 2.93 bits per heavy atom. The summed E-state index contributed by atoms with van der Waals surface area (Å²) in [4.78, 5) is 11.5. The van der Waals surface area contributed by atoms with E-state index in [-0.39, 0.29) is 11.5 Å². The van der Waals surface area contributed by atoms with Gasteiger partial charge in [0.25, 0.3) is 5.91 Å². The molecule has 1 unspecified atom stereocenters. The van der Waals surface area contributed by atoms with Gasteiger partial charge in [-0.15, -0.1) is 0 Å². The van der Waals surface area contributed by atoms with Crippen molar-refractivity contribution in [3.05, 3.63) is 17.5 Å². The topological polar surface area (TPSA) is 114 Å². The lowest BCUT2D eigenvalue weighted by Gasteiger charge is -2.09. The summed E-state index contributed by atoms with van der Waals surface area (Å²) in [6, 6.07) is 0.924. The SMILES string of the molecule is Cc1cc(C(=O)NC(C)C(N)=NO)no1. The highest BCUT2D eigenvalue weighted by Gasteiger charge is 2.15. The van der Waals surface area contributed by atoms with E-state index in [9.17, 15) is 4.79 Å². The minimum atomic E-state index is -0.570. The number of aryl methyl sites for hydroxylation is 1. The Hall–Kier alpha value is -2.05. The highest BCUT2D eigenvalue weighted by atomic mass is 16.5. The second-order valence-corrected chi connectivity index (χ2v) is 3.04. The van der Waals surface area contributed by atoms with Crippen molar-refractivity contribution in [1.82, 2.24) is 10.5 Å². The van der Waals surface area contributed by atoms with Crippen molar-refractivity contribution in [3.8, 4) is 0 Å². The first kappa shape index (κ1) is 11.0. The van der Waals surface area contributed by atoms with Gasteiger partial charge >= 0.3 is 0 Å². The van der Waals surface area contributed by atoms with Crippen LogP contribution in [0.25, 0.3) is 0 Å². The van der Waals surface area contributed by atoms with Crippen LogP contribution in [0.1, 0.15) is 23.2 Å². The number of nitrogens with two attached hydrogens (primary N) is 1. The summed E-state index contributed by atoms with van der Waals surface area (Å²) in [5.74, 6) is 0.0196. The van der Waals surface area contributed by atoms with Crippen LogP contribution in [0.5, 0.6) is 0 Å². The second kappa shape index (κ2) is 4.45. The van der Waals surface area contributed by atoms with Gasteiger partial charge in [0.15, 0.2) is 11.5 Å². The van der Waals surface area contributed by atoms with Gasteiger partial charge in [-0.25, -0.2) is 0 Å². The van der Waals surface area contributed by atoms with Crippen LogP contribution in [0.15, 0.2) is 15.7 Å². The third-order valence-corrected chi connectivity index (χ3v) is 1.77. The summed E-state index contributed by atoms with van der Waals surface area (Å²) >= 11 is 0. The number of amides is 1. The van der Waals surface area contributed by atoms with Crippen LogP contribution < -0.4 is 11.1 Å². The largest absolute Gasteiger partial charge is 0.409 e. The minimum Gasteiger partial charge on any atom is -0.409 e. The lowest BCUT2D eigenvalue weighted by molar-refractivity contribution is 0.0939. The van der Waals surface area contributed by atoms with Gasteiger partial charge in [-0.05, 0) is 13.8 Å². The van der Waals surface area contributed by atoms with Crippen LogP contribution in [0.2, 0.25) is 0 Å². The Kier molecular flexibility index (Phi) is 3.27. The molecule has 0 fully saturated rings. The van der Waals surface area contributed by atoms with E-state index in [0.29, 0.717) is 5.76 Å². The fourth-order valence-corrected chi connectivity index (χ4v) is 0.905. The van der Waals surface area contributed by atoms with Gasteiger partial charge in [-0.2, -0.15) is 0 Å². The summed E-state index contributed by atoms with van der Waals surface area (Å²) in [5.41, 5.74) is 5.45. The van der Waals surface area contributed by atoms with Gasteiger partial charge < -0.3 is 20.8 Å².